The minimum atomic E-state index is 0.503. The van der Waals surface area contributed by atoms with E-state index < -0.39 is 0 Å². The largest absolute Gasteiger partial charge is 0.371 e. The SMILES string of the molecule is Cc1cc(N2CCC(c3nnc(CN4CCN(C)CC4)n3C)CC2)ccn1. The lowest BCUT2D eigenvalue weighted by Crippen LogP contribution is -2.44. The first-order chi connectivity index (χ1) is 13.1. The maximum absolute atomic E-state index is 4.58. The quantitative estimate of drug-likeness (QED) is 0.817. The van der Waals surface area contributed by atoms with Crippen molar-refractivity contribution in [1.29, 1.82) is 0 Å². The van der Waals surface area contributed by atoms with Gasteiger partial charge in [0, 0.05) is 69.8 Å². The highest BCUT2D eigenvalue weighted by Gasteiger charge is 2.26. The van der Waals surface area contributed by atoms with E-state index in [2.05, 4.69) is 67.6 Å². The Morgan fingerprint density at radius 3 is 2.44 bits per heavy atom. The second-order valence-electron chi connectivity index (χ2n) is 8.03. The van der Waals surface area contributed by atoms with Crippen LogP contribution in [0.4, 0.5) is 5.69 Å². The number of aromatic nitrogens is 4. The third-order valence-electron chi connectivity index (χ3n) is 6.07. The molecule has 7 heteroatoms. The summed E-state index contributed by atoms with van der Waals surface area (Å²) < 4.78 is 2.25. The van der Waals surface area contributed by atoms with Crippen LogP contribution in [0.3, 0.4) is 0 Å². The molecule has 0 unspecified atom stereocenters. The lowest BCUT2D eigenvalue weighted by molar-refractivity contribution is 0.144. The number of aryl methyl sites for hydroxylation is 1. The number of hydrogen-bond donors (Lipinski definition) is 0. The minimum absolute atomic E-state index is 0.503. The van der Waals surface area contributed by atoms with Crippen LogP contribution in [0, 0.1) is 6.92 Å². The third-order valence-corrected chi connectivity index (χ3v) is 6.07. The minimum Gasteiger partial charge on any atom is -0.371 e. The summed E-state index contributed by atoms with van der Waals surface area (Å²) in [6, 6.07) is 4.29. The van der Waals surface area contributed by atoms with Crippen LogP contribution in [0.2, 0.25) is 0 Å². The summed E-state index contributed by atoms with van der Waals surface area (Å²) in [6.07, 6.45) is 4.16. The normalized spacial score (nSPS) is 20.3. The zero-order valence-electron chi connectivity index (χ0n) is 16.8. The van der Waals surface area contributed by atoms with Crippen molar-refractivity contribution in [2.75, 3.05) is 51.2 Å². The molecule has 2 aliphatic rings. The van der Waals surface area contributed by atoms with Crippen LogP contribution in [0.25, 0.3) is 0 Å². The maximum atomic E-state index is 4.58. The lowest BCUT2D eigenvalue weighted by atomic mass is 9.95. The summed E-state index contributed by atoms with van der Waals surface area (Å²) in [7, 11) is 4.33. The van der Waals surface area contributed by atoms with Gasteiger partial charge >= 0.3 is 0 Å². The van der Waals surface area contributed by atoms with E-state index in [1.165, 1.54) is 5.69 Å². The highest BCUT2D eigenvalue weighted by atomic mass is 15.3. The fourth-order valence-electron chi connectivity index (χ4n) is 4.20. The van der Waals surface area contributed by atoms with Gasteiger partial charge in [-0.1, -0.05) is 0 Å². The van der Waals surface area contributed by atoms with E-state index in [0.717, 1.165) is 76.0 Å². The number of likely N-dealkylation sites (N-methyl/N-ethyl adjacent to an activating group) is 1. The zero-order valence-corrected chi connectivity index (χ0v) is 16.8. The van der Waals surface area contributed by atoms with Crippen LogP contribution in [-0.2, 0) is 13.6 Å². The number of piperazine rings is 1. The van der Waals surface area contributed by atoms with E-state index in [9.17, 15) is 0 Å². The highest BCUT2D eigenvalue weighted by molar-refractivity contribution is 5.46. The molecule has 0 amide bonds. The fourth-order valence-corrected chi connectivity index (χ4v) is 4.20. The summed E-state index contributed by atoms with van der Waals surface area (Å²) in [6.45, 7) is 9.59. The van der Waals surface area contributed by atoms with Gasteiger partial charge in [0.25, 0.3) is 0 Å². The zero-order chi connectivity index (χ0) is 18.8. The topological polar surface area (TPSA) is 53.3 Å². The molecule has 0 radical (unpaired) electrons. The van der Waals surface area contributed by atoms with Crippen molar-refractivity contribution in [3.05, 3.63) is 35.7 Å². The molecule has 4 rings (SSSR count). The van der Waals surface area contributed by atoms with Gasteiger partial charge in [-0.15, -0.1) is 10.2 Å². The first-order valence-electron chi connectivity index (χ1n) is 10.1. The molecule has 2 aromatic rings. The Morgan fingerprint density at radius 2 is 1.74 bits per heavy atom. The summed E-state index contributed by atoms with van der Waals surface area (Å²) >= 11 is 0. The summed E-state index contributed by atoms with van der Waals surface area (Å²) in [5.74, 6) is 2.76. The van der Waals surface area contributed by atoms with Crippen molar-refractivity contribution in [3.8, 4) is 0 Å². The van der Waals surface area contributed by atoms with E-state index in [4.69, 9.17) is 0 Å². The number of anilines is 1. The smallest absolute Gasteiger partial charge is 0.146 e. The van der Waals surface area contributed by atoms with E-state index in [-0.39, 0.29) is 0 Å². The standard InChI is InChI=1S/C20H31N7/c1-16-14-18(4-7-21-16)27-8-5-17(6-9-27)20-23-22-19(25(20)3)15-26-12-10-24(2)11-13-26/h4,7,14,17H,5-6,8-13,15H2,1-3H3. The van der Waals surface area contributed by atoms with Gasteiger partial charge in [0.1, 0.15) is 11.6 Å². The van der Waals surface area contributed by atoms with Crippen molar-refractivity contribution >= 4 is 5.69 Å². The lowest BCUT2D eigenvalue weighted by Gasteiger charge is -2.33. The Hall–Kier alpha value is -1.99. The highest BCUT2D eigenvalue weighted by Crippen LogP contribution is 2.29. The molecule has 4 heterocycles. The molecule has 2 aromatic heterocycles. The van der Waals surface area contributed by atoms with E-state index in [1.54, 1.807) is 0 Å². The molecule has 2 aliphatic heterocycles. The average Bonchev–Trinajstić information content (AvgIpc) is 3.04. The Labute approximate surface area is 162 Å². The Bertz CT molecular complexity index is 755. The van der Waals surface area contributed by atoms with Gasteiger partial charge in [0.15, 0.2) is 0 Å². The van der Waals surface area contributed by atoms with Gasteiger partial charge in [-0.2, -0.15) is 0 Å². The van der Waals surface area contributed by atoms with Gasteiger partial charge in [-0.05, 0) is 38.9 Å². The molecular formula is C20H31N7. The molecule has 0 N–H and O–H groups in total. The van der Waals surface area contributed by atoms with Gasteiger partial charge in [0.05, 0.1) is 6.54 Å². The Kier molecular flexibility index (Phi) is 5.41. The second kappa shape index (κ2) is 7.94. The fraction of sp³-hybridized carbons (Fsp3) is 0.650. The predicted molar refractivity (Wildman–Crippen MR) is 107 cm³/mol. The van der Waals surface area contributed by atoms with Crippen molar-refractivity contribution in [1.82, 2.24) is 29.5 Å². The van der Waals surface area contributed by atoms with Crippen LogP contribution in [0.15, 0.2) is 18.3 Å². The van der Waals surface area contributed by atoms with Crippen LogP contribution < -0.4 is 4.90 Å². The molecule has 0 bridgehead atoms. The molecular weight excluding hydrogens is 338 g/mol. The number of pyridine rings is 1. The van der Waals surface area contributed by atoms with Crippen molar-refractivity contribution in [2.45, 2.75) is 32.2 Å². The van der Waals surface area contributed by atoms with E-state index in [1.807, 2.05) is 6.20 Å². The van der Waals surface area contributed by atoms with Crippen molar-refractivity contribution in [2.24, 2.45) is 7.05 Å². The summed E-state index contributed by atoms with van der Waals surface area (Å²) in [5.41, 5.74) is 2.37. The summed E-state index contributed by atoms with van der Waals surface area (Å²) in [4.78, 5) is 11.6. The molecule has 2 saturated heterocycles. The van der Waals surface area contributed by atoms with Crippen LogP contribution in [0.5, 0.6) is 0 Å². The van der Waals surface area contributed by atoms with Crippen molar-refractivity contribution < 1.29 is 0 Å². The first-order valence-corrected chi connectivity index (χ1v) is 10.1. The number of nitrogens with zero attached hydrogens (tertiary/aromatic N) is 7. The van der Waals surface area contributed by atoms with Crippen molar-refractivity contribution in [3.63, 3.8) is 0 Å². The molecule has 0 atom stereocenters. The second-order valence-corrected chi connectivity index (χ2v) is 8.03. The predicted octanol–water partition coefficient (Wildman–Crippen LogP) is 1.65. The monoisotopic (exact) mass is 369 g/mol. The number of hydrogen-bond acceptors (Lipinski definition) is 6. The molecule has 2 fully saturated rings. The average molecular weight is 370 g/mol. The van der Waals surface area contributed by atoms with Crippen LogP contribution >= 0.6 is 0 Å². The number of rotatable bonds is 4. The molecule has 7 nitrogen and oxygen atoms in total. The maximum Gasteiger partial charge on any atom is 0.146 e. The van der Waals surface area contributed by atoms with Gasteiger partial charge < -0.3 is 14.4 Å². The first kappa shape index (κ1) is 18.4. The Balaban J connectivity index is 1.37. The Morgan fingerprint density at radius 1 is 1.00 bits per heavy atom. The molecule has 0 aromatic carbocycles. The van der Waals surface area contributed by atoms with Gasteiger partial charge in [-0.25, -0.2) is 0 Å². The third kappa shape index (κ3) is 4.14. The summed E-state index contributed by atoms with van der Waals surface area (Å²) in [5, 5.41) is 9.11. The molecule has 27 heavy (non-hydrogen) atoms. The number of piperidine rings is 1. The van der Waals surface area contributed by atoms with Crippen LogP contribution in [0.1, 0.15) is 36.1 Å². The molecule has 0 saturated carbocycles. The molecule has 146 valence electrons. The van der Waals surface area contributed by atoms with Gasteiger partial charge in [0.2, 0.25) is 0 Å². The van der Waals surface area contributed by atoms with Gasteiger partial charge in [-0.3, -0.25) is 9.88 Å². The molecule has 0 aliphatic carbocycles. The van der Waals surface area contributed by atoms with E-state index in [0.29, 0.717) is 5.92 Å². The molecule has 0 spiro atoms. The van der Waals surface area contributed by atoms with Crippen LogP contribution in [-0.4, -0.2) is 75.9 Å². The van der Waals surface area contributed by atoms with E-state index >= 15 is 0 Å².